The van der Waals surface area contributed by atoms with Crippen LogP contribution >= 0.6 is 0 Å². The molecule has 1 radical (unpaired) electrons. The van der Waals surface area contributed by atoms with Gasteiger partial charge in [-0.05, 0) is 6.42 Å². The highest BCUT2D eigenvalue weighted by molar-refractivity contribution is 4.90. The van der Waals surface area contributed by atoms with E-state index in [1.165, 1.54) is 0 Å². The van der Waals surface area contributed by atoms with Crippen molar-refractivity contribution in [2.75, 3.05) is 0 Å². The van der Waals surface area contributed by atoms with E-state index >= 15 is 0 Å². The number of halogens is 7. The van der Waals surface area contributed by atoms with Gasteiger partial charge in [-0.15, -0.1) is 0 Å². The van der Waals surface area contributed by atoms with Crippen LogP contribution in [-0.2, 0) is 0 Å². The van der Waals surface area contributed by atoms with E-state index in [2.05, 4.69) is 0 Å². The van der Waals surface area contributed by atoms with Crippen molar-refractivity contribution in [3.8, 4) is 0 Å². The standard InChI is InChI=1S/C6H6F7/c7-4(8)2-1-3-5(9,10)6(11,12)13/h3-4H,1-2H2. The maximum atomic E-state index is 12.0. The molecule has 0 bridgehead atoms. The van der Waals surface area contributed by atoms with Gasteiger partial charge in [0.25, 0.3) is 0 Å². The minimum atomic E-state index is -5.70. The smallest absolute Gasteiger partial charge is 0.211 e. The molecular weight excluding hydrogens is 205 g/mol. The molecule has 0 aromatic rings. The fraction of sp³-hybridized carbons (Fsp3) is 0.833. The first-order valence-electron chi connectivity index (χ1n) is 3.24. The summed E-state index contributed by atoms with van der Waals surface area (Å²) in [6.45, 7) is 0. The van der Waals surface area contributed by atoms with Crippen molar-refractivity contribution >= 4 is 0 Å². The fourth-order valence-electron chi connectivity index (χ4n) is 0.506. The average molecular weight is 211 g/mol. The Morgan fingerprint density at radius 2 is 1.46 bits per heavy atom. The Bertz CT molecular complexity index is 148. The average Bonchev–Trinajstić information content (AvgIpc) is 1.82. The van der Waals surface area contributed by atoms with Crippen LogP contribution in [0.5, 0.6) is 0 Å². The first-order chi connectivity index (χ1) is 5.67. The summed E-state index contributed by atoms with van der Waals surface area (Å²) in [6.07, 6.45) is -11.0. The Labute approximate surface area is 69.7 Å². The lowest BCUT2D eigenvalue weighted by molar-refractivity contribution is -0.267. The summed E-state index contributed by atoms with van der Waals surface area (Å²) in [5.41, 5.74) is 0. The molecule has 0 aliphatic carbocycles. The Morgan fingerprint density at radius 1 is 1.00 bits per heavy atom. The van der Waals surface area contributed by atoms with Gasteiger partial charge in [0.2, 0.25) is 6.43 Å². The molecule has 0 rings (SSSR count). The van der Waals surface area contributed by atoms with E-state index in [1.807, 2.05) is 0 Å². The zero-order valence-electron chi connectivity index (χ0n) is 6.21. The predicted octanol–water partition coefficient (Wildman–Crippen LogP) is 3.43. The topological polar surface area (TPSA) is 0 Å². The molecule has 0 aromatic heterocycles. The maximum absolute atomic E-state index is 12.0. The molecule has 7 heteroatoms. The second-order valence-corrected chi connectivity index (χ2v) is 2.29. The molecular formula is C6H6F7. The summed E-state index contributed by atoms with van der Waals surface area (Å²) in [5.74, 6) is -4.98. The van der Waals surface area contributed by atoms with Gasteiger partial charge in [-0.2, -0.15) is 22.0 Å². The molecule has 0 saturated heterocycles. The minimum absolute atomic E-state index is 0.445. The van der Waals surface area contributed by atoms with Crippen LogP contribution in [0.1, 0.15) is 12.8 Å². The van der Waals surface area contributed by atoms with Crippen LogP contribution in [0.4, 0.5) is 30.7 Å². The Hall–Kier alpha value is -0.490. The molecule has 0 unspecified atom stereocenters. The first-order valence-corrected chi connectivity index (χ1v) is 3.24. The Balaban J connectivity index is 3.90. The lowest BCUT2D eigenvalue weighted by atomic mass is 10.1. The lowest BCUT2D eigenvalue weighted by Gasteiger charge is -2.18. The van der Waals surface area contributed by atoms with E-state index < -0.39 is 37.8 Å². The third-order valence-electron chi connectivity index (χ3n) is 1.16. The Kier molecular flexibility index (Phi) is 3.99. The lowest BCUT2D eigenvalue weighted by Crippen LogP contribution is -2.36. The number of hydrogen-bond acceptors (Lipinski definition) is 0. The summed E-state index contributed by atoms with van der Waals surface area (Å²) in [5, 5.41) is 0. The van der Waals surface area contributed by atoms with E-state index in [0.717, 1.165) is 0 Å². The zero-order valence-corrected chi connectivity index (χ0v) is 6.21. The van der Waals surface area contributed by atoms with Gasteiger partial charge in [0.15, 0.2) is 0 Å². The highest BCUT2D eigenvalue weighted by Crippen LogP contribution is 2.38. The highest BCUT2D eigenvalue weighted by Gasteiger charge is 2.56. The van der Waals surface area contributed by atoms with Gasteiger partial charge in [-0.3, -0.25) is 0 Å². The van der Waals surface area contributed by atoms with Gasteiger partial charge < -0.3 is 0 Å². The third-order valence-corrected chi connectivity index (χ3v) is 1.16. The van der Waals surface area contributed by atoms with E-state index in [4.69, 9.17) is 0 Å². The SMILES string of the molecule is FC(F)CC[CH]C(F)(F)C(F)(F)F. The van der Waals surface area contributed by atoms with E-state index in [1.54, 1.807) is 0 Å². The van der Waals surface area contributed by atoms with Gasteiger partial charge in [-0.1, -0.05) is 0 Å². The van der Waals surface area contributed by atoms with Crippen LogP contribution in [-0.4, -0.2) is 18.5 Å². The van der Waals surface area contributed by atoms with Gasteiger partial charge in [0, 0.05) is 12.8 Å². The minimum Gasteiger partial charge on any atom is -0.211 e. The van der Waals surface area contributed by atoms with Crippen molar-refractivity contribution in [3.63, 3.8) is 0 Å². The van der Waals surface area contributed by atoms with Gasteiger partial charge in [-0.25, -0.2) is 8.78 Å². The first kappa shape index (κ1) is 12.5. The van der Waals surface area contributed by atoms with Crippen molar-refractivity contribution in [2.24, 2.45) is 0 Å². The molecule has 0 N–H and O–H groups in total. The zero-order chi connectivity index (χ0) is 10.7. The van der Waals surface area contributed by atoms with Gasteiger partial charge >= 0.3 is 12.1 Å². The Morgan fingerprint density at radius 3 is 1.77 bits per heavy atom. The molecule has 0 aromatic carbocycles. The molecule has 0 spiro atoms. The van der Waals surface area contributed by atoms with Crippen LogP contribution in [0.3, 0.4) is 0 Å². The van der Waals surface area contributed by atoms with Crippen molar-refractivity contribution < 1.29 is 30.7 Å². The molecule has 0 aliphatic heterocycles. The summed E-state index contributed by atoms with van der Waals surface area (Å²) in [7, 11) is 0. The molecule has 13 heavy (non-hydrogen) atoms. The molecule has 0 nitrogen and oxygen atoms in total. The third kappa shape index (κ3) is 4.33. The van der Waals surface area contributed by atoms with Crippen LogP contribution in [0.2, 0.25) is 0 Å². The van der Waals surface area contributed by atoms with E-state index in [0.29, 0.717) is 0 Å². The van der Waals surface area contributed by atoms with Crippen molar-refractivity contribution in [3.05, 3.63) is 6.42 Å². The van der Waals surface area contributed by atoms with Crippen LogP contribution < -0.4 is 0 Å². The van der Waals surface area contributed by atoms with Crippen molar-refractivity contribution in [1.29, 1.82) is 0 Å². The number of rotatable bonds is 4. The summed E-state index contributed by atoms with van der Waals surface area (Å²) >= 11 is 0. The molecule has 0 amide bonds. The fourth-order valence-corrected chi connectivity index (χ4v) is 0.506. The maximum Gasteiger partial charge on any atom is 0.453 e. The molecule has 0 atom stereocenters. The van der Waals surface area contributed by atoms with Crippen molar-refractivity contribution in [1.82, 2.24) is 0 Å². The summed E-state index contributed by atoms with van der Waals surface area (Å²) in [6, 6.07) is 0. The molecule has 0 saturated carbocycles. The predicted molar refractivity (Wildman–Crippen MR) is 30.5 cm³/mol. The van der Waals surface area contributed by atoms with Crippen molar-refractivity contribution in [2.45, 2.75) is 31.4 Å². The second kappa shape index (κ2) is 4.15. The monoisotopic (exact) mass is 211 g/mol. The summed E-state index contributed by atoms with van der Waals surface area (Å²) < 4.78 is 80.8. The van der Waals surface area contributed by atoms with Crippen LogP contribution in [0, 0.1) is 6.42 Å². The number of hydrogen-bond donors (Lipinski definition) is 0. The quantitative estimate of drug-likeness (QED) is 0.625. The van der Waals surface area contributed by atoms with Crippen LogP contribution in [0.15, 0.2) is 0 Å². The molecule has 0 aliphatic rings. The largest absolute Gasteiger partial charge is 0.453 e. The van der Waals surface area contributed by atoms with E-state index in [9.17, 15) is 30.7 Å². The molecule has 0 fully saturated rings. The summed E-state index contributed by atoms with van der Waals surface area (Å²) in [4.78, 5) is 0. The normalized spacial score (nSPS) is 13.8. The highest BCUT2D eigenvalue weighted by atomic mass is 19.4. The molecule has 0 heterocycles. The number of alkyl halides is 7. The van der Waals surface area contributed by atoms with Gasteiger partial charge in [0.1, 0.15) is 0 Å². The van der Waals surface area contributed by atoms with E-state index in [-0.39, 0.29) is 0 Å². The molecule has 79 valence electrons. The second-order valence-electron chi connectivity index (χ2n) is 2.29. The van der Waals surface area contributed by atoms with Crippen LogP contribution in [0.25, 0.3) is 0 Å². The van der Waals surface area contributed by atoms with Gasteiger partial charge in [0.05, 0.1) is 0 Å².